The molecule has 3 rings (SSSR count). The highest BCUT2D eigenvalue weighted by atomic mass is 19.4. The van der Waals surface area contributed by atoms with E-state index in [0.717, 1.165) is 16.9 Å². The van der Waals surface area contributed by atoms with Crippen LogP contribution in [0.4, 0.5) is 13.2 Å². The number of hydrogen-bond acceptors (Lipinski definition) is 4. The van der Waals surface area contributed by atoms with Gasteiger partial charge in [0.25, 0.3) is 5.91 Å². The smallest absolute Gasteiger partial charge is 0.475 e. The van der Waals surface area contributed by atoms with Gasteiger partial charge in [0.2, 0.25) is 0 Å². The van der Waals surface area contributed by atoms with Crippen molar-refractivity contribution >= 4 is 17.4 Å². The second-order valence-electron chi connectivity index (χ2n) is 7.18. The van der Waals surface area contributed by atoms with Gasteiger partial charge in [-0.3, -0.25) is 9.89 Å². The number of hydrogen-bond donors (Lipinski definition) is 4. The summed E-state index contributed by atoms with van der Waals surface area (Å²) in [7, 11) is 0. The average molecular weight is 426 g/mol. The second kappa shape index (κ2) is 8.99. The van der Waals surface area contributed by atoms with E-state index in [4.69, 9.17) is 9.90 Å². The van der Waals surface area contributed by atoms with Gasteiger partial charge in [-0.1, -0.05) is 19.9 Å². The molecule has 0 radical (unpaired) electrons. The summed E-state index contributed by atoms with van der Waals surface area (Å²) in [5.74, 6) is -2.91. The lowest BCUT2D eigenvalue weighted by atomic mass is 9.95. The van der Waals surface area contributed by atoms with Crippen molar-refractivity contribution in [1.82, 2.24) is 19.9 Å². The van der Waals surface area contributed by atoms with E-state index in [1.807, 2.05) is 54.8 Å². The molecular weight excluding hydrogens is 405 g/mol. The third-order valence-corrected chi connectivity index (χ3v) is 4.10. The van der Waals surface area contributed by atoms with Crippen LogP contribution in [0.5, 0.6) is 0 Å². The van der Waals surface area contributed by atoms with Crippen molar-refractivity contribution in [2.24, 2.45) is 5.41 Å². The van der Waals surface area contributed by atoms with Crippen molar-refractivity contribution in [1.29, 1.82) is 0 Å². The number of aromatic amines is 1. The Morgan fingerprint density at radius 1 is 1.23 bits per heavy atom. The van der Waals surface area contributed by atoms with Crippen molar-refractivity contribution in [3.63, 3.8) is 0 Å². The number of carboxylic acids is 1. The summed E-state index contributed by atoms with van der Waals surface area (Å²) in [5, 5.41) is 26.2. The first-order chi connectivity index (χ1) is 14.0. The predicted molar refractivity (Wildman–Crippen MR) is 102 cm³/mol. The minimum Gasteiger partial charge on any atom is -0.475 e. The summed E-state index contributed by atoms with van der Waals surface area (Å²) < 4.78 is 33.7. The van der Waals surface area contributed by atoms with Crippen LogP contribution in [0.3, 0.4) is 0 Å². The van der Waals surface area contributed by atoms with Crippen molar-refractivity contribution in [3.8, 4) is 11.4 Å². The molecule has 0 aliphatic heterocycles. The standard InChI is InChI=1S/C17H20N4O2.C2HF3O2/c1-17(2,11-22)10-18-16(23)12-9-15(13-6-7-19-20-13)21-8-4-3-5-14(12)21;3-2(4,5)1(6)7/h3-9,22H,10-11H2,1-2H3,(H,18,23)(H,19,20);(H,6,7). The highest BCUT2D eigenvalue weighted by molar-refractivity contribution is 6.02. The fourth-order valence-corrected chi connectivity index (χ4v) is 2.41. The van der Waals surface area contributed by atoms with Gasteiger partial charge >= 0.3 is 12.1 Å². The van der Waals surface area contributed by atoms with Gasteiger partial charge < -0.3 is 19.9 Å². The maximum absolute atomic E-state index is 12.6. The molecule has 3 aromatic rings. The van der Waals surface area contributed by atoms with Crippen molar-refractivity contribution in [2.75, 3.05) is 13.2 Å². The van der Waals surface area contributed by atoms with Gasteiger partial charge in [0, 0.05) is 31.0 Å². The van der Waals surface area contributed by atoms with E-state index in [1.165, 1.54) is 0 Å². The van der Waals surface area contributed by atoms with Gasteiger partial charge in [0.15, 0.2) is 0 Å². The zero-order valence-corrected chi connectivity index (χ0v) is 16.2. The molecule has 0 unspecified atom stereocenters. The summed E-state index contributed by atoms with van der Waals surface area (Å²) in [6, 6.07) is 9.45. The van der Waals surface area contributed by atoms with Crippen LogP contribution in [-0.2, 0) is 4.79 Å². The van der Waals surface area contributed by atoms with Crippen molar-refractivity contribution in [3.05, 3.63) is 48.3 Å². The Morgan fingerprint density at radius 3 is 2.43 bits per heavy atom. The first-order valence-corrected chi connectivity index (χ1v) is 8.75. The fraction of sp³-hybridized carbons (Fsp3) is 0.316. The molecule has 0 spiro atoms. The minimum absolute atomic E-state index is 0.0170. The van der Waals surface area contributed by atoms with Gasteiger partial charge in [-0.25, -0.2) is 4.79 Å². The lowest BCUT2D eigenvalue weighted by Gasteiger charge is -2.21. The highest BCUT2D eigenvalue weighted by Crippen LogP contribution is 2.25. The van der Waals surface area contributed by atoms with E-state index >= 15 is 0 Å². The summed E-state index contributed by atoms with van der Waals surface area (Å²) in [5.41, 5.74) is 2.81. The number of aliphatic hydroxyl groups is 1. The Bertz CT molecular complexity index is 1010. The molecule has 162 valence electrons. The van der Waals surface area contributed by atoms with Gasteiger partial charge in [0.1, 0.15) is 0 Å². The molecule has 0 atom stereocenters. The fourth-order valence-electron chi connectivity index (χ4n) is 2.41. The second-order valence-corrected chi connectivity index (χ2v) is 7.18. The topological polar surface area (TPSA) is 120 Å². The molecule has 8 nitrogen and oxygen atoms in total. The largest absolute Gasteiger partial charge is 0.490 e. The molecule has 4 N–H and O–H groups in total. The first-order valence-electron chi connectivity index (χ1n) is 8.75. The lowest BCUT2D eigenvalue weighted by Crippen LogP contribution is -2.36. The van der Waals surface area contributed by atoms with Crippen LogP contribution in [0.1, 0.15) is 24.2 Å². The van der Waals surface area contributed by atoms with Crippen LogP contribution in [0, 0.1) is 5.41 Å². The number of pyridine rings is 1. The van der Waals surface area contributed by atoms with Crippen LogP contribution >= 0.6 is 0 Å². The lowest BCUT2D eigenvalue weighted by molar-refractivity contribution is -0.192. The number of alkyl halides is 3. The molecule has 3 heterocycles. The van der Waals surface area contributed by atoms with Gasteiger partial charge in [-0.2, -0.15) is 18.3 Å². The van der Waals surface area contributed by atoms with E-state index in [1.54, 1.807) is 6.20 Å². The summed E-state index contributed by atoms with van der Waals surface area (Å²) in [4.78, 5) is 21.5. The van der Waals surface area contributed by atoms with Gasteiger partial charge in [0.05, 0.1) is 22.5 Å². The van der Waals surface area contributed by atoms with Crippen LogP contribution < -0.4 is 5.32 Å². The summed E-state index contributed by atoms with van der Waals surface area (Å²) in [6.07, 6.45) is -1.48. The molecule has 0 saturated heterocycles. The van der Waals surface area contributed by atoms with Crippen molar-refractivity contribution in [2.45, 2.75) is 20.0 Å². The first kappa shape index (κ1) is 22.9. The Morgan fingerprint density at radius 2 is 1.90 bits per heavy atom. The maximum atomic E-state index is 12.6. The Balaban J connectivity index is 0.000000396. The number of amides is 1. The number of carboxylic acid groups (broad SMARTS) is 1. The Kier molecular flexibility index (Phi) is 6.88. The van der Waals surface area contributed by atoms with E-state index < -0.39 is 12.1 Å². The van der Waals surface area contributed by atoms with E-state index in [9.17, 15) is 23.1 Å². The monoisotopic (exact) mass is 426 g/mol. The van der Waals surface area contributed by atoms with Crippen LogP contribution in [-0.4, -0.2) is 56.0 Å². The zero-order valence-electron chi connectivity index (χ0n) is 16.2. The third kappa shape index (κ3) is 5.60. The van der Waals surface area contributed by atoms with Crippen LogP contribution in [0.25, 0.3) is 16.9 Å². The minimum atomic E-state index is -5.08. The number of aliphatic carboxylic acids is 1. The van der Waals surface area contributed by atoms with E-state index in [2.05, 4.69) is 15.5 Å². The molecule has 0 saturated carbocycles. The maximum Gasteiger partial charge on any atom is 0.490 e. The number of nitrogens with zero attached hydrogens (tertiary/aromatic N) is 2. The molecule has 0 aliphatic rings. The molecule has 30 heavy (non-hydrogen) atoms. The molecule has 11 heteroatoms. The van der Waals surface area contributed by atoms with E-state index in [0.29, 0.717) is 12.1 Å². The number of carbonyl (C=O) groups is 2. The number of H-pyrrole nitrogens is 1. The summed E-state index contributed by atoms with van der Waals surface area (Å²) in [6.45, 7) is 4.23. The number of halogens is 3. The number of aromatic nitrogens is 3. The van der Waals surface area contributed by atoms with Crippen LogP contribution in [0.2, 0.25) is 0 Å². The number of rotatable bonds is 5. The van der Waals surface area contributed by atoms with E-state index in [-0.39, 0.29) is 17.9 Å². The van der Waals surface area contributed by atoms with Crippen LogP contribution in [0.15, 0.2) is 42.7 Å². The third-order valence-electron chi connectivity index (χ3n) is 4.10. The zero-order chi connectivity index (χ0) is 22.5. The van der Waals surface area contributed by atoms with Crippen molar-refractivity contribution < 1.29 is 33.0 Å². The SMILES string of the molecule is CC(C)(CO)CNC(=O)c1cc(-c2ccn[nH]2)n2ccccc12.O=C(O)C(F)(F)F. The number of nitrogens with one attached hydrogen (secondary N) is 2. The molecule has 0 bridgehead atoms. The number of fused-ring (bicyclic) bond motifs is 1. The average Bonchev–Trinajstić information content (AvgIpc) is 3.33. The van der Waals surface area contributed by atoms with Gasteiger partial charge in [-0.15, -0.1) is 0 Å². The number of carbonyl (C=O) groups excluding carboxylic acids is 1. The Labute approximate surface area is 169 Å². The molecule has 0 aromatic carbocycles. The Hall–Kier alpha value is -3.34. The molecule has 0 aliphatic carbocycles. The predicted octanol–water partition coefficient (Wildman–Crippen LogP) is 2.71. The molecule has 0 fully saturated rings. The highest BCUT2D eigenvalue weighted by Gasteiger charge is 2.38. The normalized spacial score (nSPS) is 11.7. The number of aliphatic hydroxyl groups excluding tert-OH is 1. The van der Waals surface area contributed by atoms with Gasteiger partial charge in [-0.05, 0) is 24.3 Å². The molecule has 3 aromatic heterocycles. The molecule has 1 amide bonds. The molecular formula is C19H21F3N4O4. The quantitative estimate of drug-likeness (QED) is 0.500. The summed E-state index contributed by atoms with van der Waals surface area (Å²) >= 11 is 0.